The van der Waals surface area contributed by atoms with Crippen molar-refractivity contribution in [2.45, 2.75) is 59.4 Å². The fraction of sp³-hybridized carbons (Fsp3) is 0.647. The quantitative estimate of drug-likeness (QED) is 0.700. The second kappa shape index (κ2) is 8.31. The van der Waals surface area contributed by atoms with Crippen molar-refractivity contribution in [3.8, 4) is 0 Å². The predicted molar refractivity (Wildman–Crippen MR) is 80.9 cm³/mol. The molecule has 1 heteroatoms. The van der Waals surface area contributed by atoms with Gasteiger partial charge in [0, 0.05) is 6.04 Å². The predicted octanol–water partition coefficient (Wildman–Crippen LogP) is 4.73. The van der Waals surface area contributed by atoms with Crippen molar-refractivity contribution in [1.82, 2.24) is 5.32 Å². The van der Waals surface area contributed by atoms with Crippen molar-refractivity contribution >= 4 is 0 Å². The highest BCUT2D eigenvalue weighted by atomic mass is 14.9. The molecule has 0 spiro atoms. The van der Waals surface area contributed by atoms with Gasteiger partial charge in [-0.1, -0.05) is 64.8 Å². The van der Waals surface area contributed by atoms with Crippen LogP contribution < -0.4 is 5.32 Å². The number of nitrogens with one attached hydrogen (secondary N) is 1. The summed E-state index contributed by atoms with van der Waals surface area (Å²) >= 11 is 0. The standard InChI is InChI=1S/C17H29N/c1-5-8-10-14(4)17(18-7-3)16-12-9-11-15(6-2)13-16/h9,11-14,17-18H,5-8,10H2,1-4H3. The van der Waals surface area contributed by atoms with Crippen molar-refractivity contribution in [3.05, 3.63) is 35.4 Å². The lowest BCUT2D eigenvalue weighted by Crippen LogP contribution is -2.27. The largest absolute Gasteiger partial charge is 0.310 e. The molecule has 1 aromatic rings. The Morgan fingerprint density at radius 3 is 2.56 bits per heavy atom. The van der Waals surface area contributed by atoms with E-state index in [0.717, 1.165) is 13.0 Å². The van der Waals surface area contributed by atoms with Crippen LogP contribution in [0.3, 0.4) is 0 Å². The first-order valence-corrected chi connectivity index (χ1v) is 7.55. The van der Waals surface area contributed by atoms with Gasteiger partial charge in [-0.05, 0) is 36.4 Å². The van der Waals surface area contributed by atoms with Crippen molar-refractivity contribution in [3.63, 3.8) is 0 Å². The molecule has 0 aliphatic rings. The molecule has 0 bridgehead atoms. The molecular formula is C17H29N. The fourth-order valence-electron chi connectivity index (χ4n) is 2.57. The second-order valence-electron chi connectivity index (χ2n) is 5.25. The maximum Gasteiger partial charge on any atom is 0.0346 e. The minimum absolute atomic E-state index is 0.507. The van der Waals surface area contributed by atoms with Gasteiger partial charge in [0.25, 0.3) is 0 Å². The molecular weight excluding hydrogens is 218 g/mol. The Morgan fingerprint density at radius 2 is 1.94 bits per heavy atom. The molecule has 1 nitrogen and oxygen atoms in total. The van der Waals surface area contributed by atoms with Crippen LogP contribution in [0.2, 0.25) is 0 Å². The van der Waals surface area contributed by atoms with Gasteiger partial charge in [-0.2, -0.15) is 0 Å². The normalized spacial score (nSPS) is 14.4. The Bertz CT molecular complexity index is 332. The van der Waals surface area contributed by atoms with E-state index >= 15 is 0 Å². The summed E-state index contributed by atoms with van der Waals surface area (Å²) in [4.78, 5) is 0. The molecule has 18 heavy (non-hydrogen) atoms. The van der Waals surface area contributed by atoms with Crippen LogP contribution >= 0.6 is 0 Å². The minimum atomic E-state index is 0.507. The van der Waals surface area contributed by atoms with Crippen LogP contribution in [-0.2, 0) is 6.42 Å². The fourth-order valence-corrected chi connectivity index (χ4v) is 2.57. The van der Waals surface area contributed by atoms with E-state index in [1.807, 2.05) is 0 Å². The maximum atomic E-state index is 3.66. The lowest BCUT2D eigenvalue weighted by atomic mass is 9.89. The van der Waals surface area contributed by atoms with Gasteiger partial charge in [0.05, 0.1) is 0 Å². The average molecular weight is 247 g/mol. The Morgan fingerprint density at radius 1 is 1.17 bits per heavy atom. The van der Waals surface area contributed by atoms with E-state index in [9.17, 15) is 0 Å². The zero-order chi connectivity index (χ0) is 13.4. The molecule has 102 valence electrons. The summed E-state index contributed by atoms with van der Waals surface area (Å²) in [5.74, 6) is 0.706. The minimum Gasteiger partial charge on any atom is -0.310 e. The number of benzene rings is 1. The molecule has 0 amide bonds. The summed E-state index contributed by atoms with van der Waals surface area (Å²) in [5, 5.41) is 3.66. The van der Waals surface area contributed by atoms with Gasteiger partial charge in [0.1, 0.15) is 0 Å². The summed E-state index contributed by atoms with van der Waals surface area (Å²) < 4.78 is 0. The molecule has 2 unspecified atom stereocenters. The highest BCUT2D eigenvalue weighted by Crippen LogP contribution is 2.26. The molecule has 0 saturated carbocycles. The maximum absolute atomic E-state index is 3.66. The van der Waals surface area contributed by atoms with E-state index in [1.54, 1.807) is 0 Å². The van der Waals surface area contributed by atoms with Gasteiger partial charge in [0.2, 0.25) is 0 Å². The van der Waals surface area contributed by atoms with E-state index in [4.69, 9.17) is 0 Å². The first kappa shape index (κ1) is 15.2. The molecule has 1 N–H and O–H groups in total. The monoisotopic (exact) mass is 247 g/mol. The van der Waals surface area contributed by atoms with Crippen LogP contribution in [0.1, 0.15) is 64.1 Å². The Labute approximate surface area is 113 Å². The number of rotatable bonds is 8. The molecule has 1 rings (SSSR count). The van der Waals surface area contributed by atoms with E-state index < -0.39 is 0 Å². The summed E-state index contributed by atoms with van der Waals surface area (Å²) in [5.41, 5.74) is 2.90. The summed E-state index contributed by atoms with van der Waals surface area (Å²) in [6.45, 7) is 10.1. The topological polar surface area (TPSA) is 12.0 Å². The van der Waals surface area contributed by atoms with Crippen molar-refractivity contribution < 1.29 is 0 Å². The van der Waals surface area contributed by atoms with Crippen molar-refractivity contribution in [1.29, 1.82) is 0 Å². The van der Waals surface area contributed by atoms with Gasteiger partial charge < -0.3 is 5.32 Å². The lowest BCUT2D eigenvalue weighted by molar-refractivity contribution is 0.363. The summed E-state index contributed by atoms with van der Waals surface area (Å²) in [6, 6.07) is 9.58. The zero-order valence-corrected chi connectivity index (χ0v) is 12.5. The van der Waals surface area contributed by atoms with Gasteiger partial charge >= 0.3 is 0 Å². The van der Waals surface area contributed by atoms with E-state index in [1.165, 1.54) is 30.4 Å². The third kappa shape index (κ3) is 4.45. The highest BCUT2D eigenvalue weighted by molar-refractivity contribution is 5.26. The molecule has 0 fully saturated rings. The van der Waals surface area contributed by atoms with Crippen molar-refractivity contribution in [2.24, 2.45) is 5.92 Å². The SMILES string of the molecule is CCCCC(C)C(NCC)c1cccc(CC)c1. The first-order chi connectivity index (χ1) is 8.72. The number of unbranched alkanes of at least 4 members (excludes halogenated alkanes) is 1. The number of hydrogen-bond donors (Lipinski definition) is 1. The number of aryl methyl sites for hydroxylation is 1. The lowest BCUT2D eigenvalue weighted by Gasteiger charge is -2.25. The third-order valence-electron chi connectivity index (χ3n) is 3.72. The number of hydrogen-bond acceptors (Lipinski definition) is 1. The Kier molecular flexibility index (Phi) is 7.04. The van der Waals surface area contributed by atoms with E-state index in [2.05, 4.69) is 57.3 Å². The highest BCUT2D eigenvalue weighted by Gasteiger charge is 2.17. The van der Waals surface area contributed by atoms with E-state index in [0.29, 0.717) is 12.0 Å². The zero-order valence-electron chi connectivity index (χ0n) is 12.5. The molecule has 0 aliphatic carbocycles. The first-order valence-electron chi connectivity index (χ1n) is 7.55. The van der Waals surface area contributed by atoms with Crippen LogP contribution in [0, 0.1) is 5.92 Å². The third-order valence-corrected chi connectivity index (χ3v) is 3.72. The molecule has 0 radical (unpaired) electrons. The summed E-state index contributed by atoms with van der Waals surface area (Å²) in [6.07, 6.45) is 5.05. The molecule has 0 aliphatic heterocycles. The summed E-state index contributed by atoms with van der Waals surface area (Å²) in [7, 11) is 0. The molecule has 2 atom stereocenters. The van der Waals surface area contributed by atoms with Crippen LogP contribution in [0.25, 0.3) is 0 Å². The van der Waals surface area contributed by atoms with Crippen LogP contribution in [0.5, 0.6) is 0 Å². The van der Waals surface area contributed by atoms with Crippen LogP contribution in [0.15, 0.2) is 24.3 Å². The van der Waals surface area contributed by atoms with Crippen molar-refractivity contribution in [2.75, 3.05) is 6.54 Å². The Hall–Kier alpha value is -0.820. The van der Waals surface area contributed by atoms with E-state index in [-0.39, 0.29) is 0 Å². The van der Waals surface area contributed by atoms with Gasteiger partial charge in [-0.15, -0.1) is 0 Å². The molecule has 0 saturated heterocycles. The van der Waals surface area contributed by atoms with Gasteiger partial charge in [-0.3, -0.25) is 0 Å². The second-order valence-corrected chi connectivity index (χ2v) is 5.25. The molecule has 1 aromatic carbocycles. The molecule has 0 aromatic heterocycles. The van der Waals surface area contributed by atoms with Crippen LogP contribution in [0.4, 0.5) is 0 Å². The van der Waals surface area contributed by atoms with Gasteiger partial charge in [0.15, 0.2) is 0 Å². The van der Waals surface area contributed by atoms with Gasteiger partial charge in [-0.25, -0.2) is 0 Å². The smallest absolute Gasteiger partial charge is 0.0346 e. The Balaban J connectivity index is 2.81. The molecule has 0 heterocycles. The van der Waals surface area contributed by atoms with Crippen LogP contribution in [-0.4, -0.2) is 6.54 Å². The average Bonchev–Trinajstić information content (AvgIpc) is 2.42.